The molecule has 0 amide bonds. The van der Waals surface area contributed by atoms with Gasteiger partial charge in [0.15, 0.2) is 0 Å². The van der Waals surface area contributed by atoms with Gasteiger partial charge < -0.3 is 19.6 Å². The SMILES string of the molecule is CCCc1ccc(OC[C@H](O)C[NH+]2CCN(c3ccccc3)CC2)cc1. The van der Waals surface area contributed by atoms with E-state index in [1.54, 1.807) is 0 Å². The molecule has 1 saturated heterocycles. The van der Waals surface area contributed by atoms with Gasteiger partial charge in [-0.3, -0.25) is 0 Å². The lowest BCUT2D eigenvalue weighted by molar-refractivity contribution is -0.903. The zero-order valence-corrected chi connectivity index (χ0v) is 15.7. The van der Waals surface area contributed by atoms with Crippen LogP contribution in [0.5, 0.6) is 5.75 Å². The Bertz CT molecular complexity index is 637. The smallest absolute Gasteiger partial charge is 0.137 e. The van der Waals surface area contributed by atoms with Gasteiger partial charge in [-0.25, -0.2) is 0 Å². The maximum atomic E-state index is 10.3. The van der Waals surface area contributed by atoms with Gasteiger partial charge in [-0.2, -0.15) is 0 Å². The van der Waals surface area contributed by atoms with Gasteiger partial charge >= 0.3 is 0 Å². The summed E-state index contributed by atoms with van der Waals surface area (Å²) < 4.78 is 5.76. The predicted molar refractivity (Wildman–Crippen MR) is 106 cm³/mol. The van der Waals surface area contributed by atoms with Crippen LogP contribution in [0.4, 0.5) is 5.69 Å². The van der Waals surface area contributed by atoms with E-state index in [1.807, 2.05) is 12.1 Å². The summed E-state index contributed by atoms with van der Waals surface area (Å²) in [5.41, 5.74) is 2.63. The van der Waals surface area contributed by atoms with Gasteiger partial charge in [0.1, 0.15) is 25.0 Å². The summed E-state index contributed by atoms with van der Waals surface area (Å²) in [6, 6.07) is 18.8. The average molecular weight is 356 g/mol. The molecule has 140 valence electrons. The maximum absolute atomic E-state index is 10.3. The molecule has 26 heavy (non-hydrogen) atoms. The van der Waals surface area contributed by atoms with Gasteiger partial charge in [0.25, 0.3) is 0 Å². The first-order valence-electron chi connectivity index (χ1n) is 9.78. The zero-order valence-electron chi connectivity index (χ0n) is 15.7. The van der Waals surface area contributed by atoms with Crippen LogP contribution in [0.1, 0.15) is 18.9 Å². The topological polar surface area (TPSA) is 37.1 Å². The molecule has 1 aliphatic rings. The molecule has 0 bridgehead atoms. The molecular formula is C22H31N2O2+. The number of hydrogen-bond donors (Lipinski definition) is 2. The van der Waals surface area contributed by atoms with Gasteiger partial charge in [-0.1, -0.05) is 43.7 Å². The highest BCUT2D eigenvalue weighted by Crippen LogP contribution is 2.14. The minimum Gasteiger partial charge on any atom is -0.491 e. The molecular weight excluding hydrogens is 324 g/mol. The average Bonchev–Trinajstić information content (AvgIpc) is 2.69. The second kappa shape index (κ2) is 9.60. The highest BCUT2D eigenvalue weighted by Gasteiger charge is 2.22. The first-order valence-corrected chi connectivity index (χ1v) is 9.78. The van der Waals surface area contributed by atoms with Gasteiger partial charge in [0.05, 0.1) is 26.2 Å². The van der Waals surface area contributed by atoms with Crippen molar-refractivity contribution in [1.29, 1.82) is 0 Å². The maximum Gasteiger partial charge on any atom is 0.137 e. The van der Waals surface area contributed by atoms with Gasteiger partial charge in [0, 0.05) is 5.69 Å². The third-order valence-corrected chi connectivity index (χ3v) is 5.02. The number of benzene rings is 2. The van der Waals surface area contributed by atoms with E-state index in [0.717, 1.165) is 51.3 Å². The van der Waals surface area contributed by atoms with Gasteiger partial charge in [-0.15, -0.1) is 0 Å². The van der Waals surface area contributed by atoms with Crippen molar-refractivity contribution in [2.45, 2.75) is 25.9 Å². The number of aliphatic hydroxyl groups is 1. The van der Waals surface area contributed by atoms with E-state index >= 15 is 0 Å². The normalized spacial score (nSPS) is 16.5. The van der Waals surface area contributed by atoms with Gasteiger partial charge in [-0.05, 0) is 36.2 Å². The Hall–Kier alpha value is -2.04. The van der Waals surface area contributed by atoms with E-state index in [1.165, 1.54) is 16.2 Å². The molecule has 1 heterocycles. The number of para-hydroxylation sites is 1. The van der Waals surface area contributed by atoms with Crippen LogP contribution in [0, 0.1) is 0 Å². The molecule has 0 radical (unpaired) electrons. The Labute approximate surface area is 157 Å². The summed E-state index contributed by atoms with van der Waals surface area (Å²) in [6.45, 7) is 7.46. The molecule has 2 N–H and O–H groups in total. The molecule has 0 aliphatic carbocycles. The quantitative estimate of drug-likeness (QED) is 0.758. The highest BCUT2D eigenvalue weighted by atomic mass is 16.5. The molecule has 3 rings (SSSR count). The van der Waals surface area contributed by atoms with E-state index in [9.17, 15) is 5.11 Å². The Morgan fingerprint density at radius 1 is 1.04 bits per heavy atom. The van der Waals surface area contributed by atoms with Crippen molar-refractivity contribution in [2.75, 3.05) is 44.2 Å². The molecule has 1 fully saturated rings. The number of aliphatic hydroxyl groups excluding tert-OH is 1. The van der Waals surface area contributed by atoms with Crippen LogP contribution in [-0.4, -0.2) is 50.5 Å². The van der Waals surface area contributed by atoms with Crippen LogP contribution in [0.3, 0.4) is 0 Å². The van der Waals surface area contributed by atoms with E-state index in [2.05, 4.69) is 54.3 Å². The fraction of sp³-hybridized carbons (Fsp3) is 0.455. The first kappa shape index (κ1) is 18.7. The molecule has 1 atom stereocenters. The summed E-state index contributed by atoms with van der Waals surface area (Å²) in [4.78, 5) is 3.87. The lowest BCUT2D eigenvalue weighted by Gasteiger charge is -2.34. The fourth-order valence-electron chi connectivity index (χ4n) is 3.55. The van der Waals surface area contributed by atoms with Crippen molar-refractivity contribution < 1.29 is 14.7 Å². The number of nitrogens with one attached hydrogen (secondary N) is 1. The number of aryl methyl sites for hydroxylation is 1. The monoisotopic (exact) mass is 355 g/mol. The minimum atomic E-state index is -0.427. The zero-order chi connectivity index (χ0) is 18.2. The second-order valence-corrected chi connectivity index (χ2v) is 7.14. The third-order valence-electron chi connectivity index (χ3n) is 5.02. The van der Waals surface area contributed by atoms with Crippen LogP contribution < -0.4 is 14.5 Å². The van der Waals surface area contributed by atoms with E-state index in [0.29, 0.717) is 6.61 Å². The summed E-state index contributed by atoms with van der Waals surface area (Å²) in [5.74, 6) is 0.841. The molecule has 1 aliphatic heterocycles. The Morgan fingerprint density at radius 2 is 1.73 bits per heavy atom. The van der Waals surface area contributed by atoms with E-state index < -0.39 is 6.10 Å². The van der Waals surface area contributed by atoms with E-state index in [4.69, 9.17) is 4.74 Å². The van der Waals surface area contributed by atoms with Crippen LogP contribution in [0.15, 0.2) is 54.6 Å². The molecule has 0 unspecified atom stereocenters. The van der Waals surface area contributed by atoms with Crippen molar-refractivity contribution in [3.8, 4) is 5.75 Å². The van der Waals surface area contributed by atoms with Crippen LogP contribution >= 0.6 is 0 Å². The number of rotatable bonds is 8. The highest BCUT2D eigenvalue weighted by molar-refractivity contribution is 5.46. The van der Waals surface area contributed by atoms with Crippen molar-refractivity contribution in [1.82, 2.24) is 0 Å². The standard InChI is InChI=1S/C22H30N2O2/c1-2-6-19-9-11-22(12-10-19)26-18-21(25)17-23-13-15-24(16-14-23)20-7-4-3-5-8-20/h3-5,7-12,21,25H,2,6,13-18H2,1H3/p+1/t21-/m1/s1. The molecule has 0 saturated carbocycles. The molecule has 0 aromatic heterocycles. The summed E-state index contributed by atoms with van der Waals surface area (Å²) in [6.07, 6.45) is 1.82. The Morgan fingerprint density at radius 3 is 2.38 bits per heavy atom. The summed E-state index contributed by atoms with van der Waals surface area (Å²) in [7, 11) is 0. The van der Waals surface area contributed by atoms with Crippen LogP contribution in [-0.2, 0) is 6.42 Å². The summed E-state index contributed by atoms with van der Waals surface area (Å²) >= 11 is 0. The largest absolute Gasteiger partial charge is 0.491 e. The number of anilines is 1. The number of quaternary nitrogens is 1. The number of hydrogen-bond acceptors (Lipinski definition) is 3. The molecule has 4 heteroatoms. The number of ether oxygens (including phenoxy) is 1. The molecule has 2 aromatic rings. The fourth-order valence-corrected chi connectivity index (χ4v) is 3.55. The third kappa shape index (κ3) is 5.48. The van der Waals surface area contributed by atoms with Crippen molar-refractivity contribution in [3.05, 3.63) is 60.2 Å². The Balaban J connectivity index is 1.38. The second-order valence-electron chi connectivity index (χ2n) is 7.14. The summed E-state index contributed by atoms with van der Waals surface area (Å²) in [5, 5.41) is 10.3. The van der Waals surface area contributed by atoms with Crippen molar-refractivity contribution >= 4 is 5.69 Å². The molecule has 2 aromatic carbocycles. The van der Waals surface area contributed by atoms with Crippen molar-refractivity contribution in [2.24, 2.45) is 0 Å². The number of nitrogens with zero attached hydrogens (tertiary/aromatic N) is 1. The van der Waals surface area contributed by atoms with Crippen LogP contribution in [0.25, 0.3) is 0 Å². The minimum absolute atomic E-state index is 0.360. The molecule has 4 nitrogen and oxygen atoms in total. The van der Waals surface area contributed by atoms with Crippen LogP contribution in [0.2, 0.25) is 0 Å². The van der Waals surface area contributed by atoms with E-state index in [-0.39, 0.29) is 0 Å². The lowest BCUT2D eigenvalue weighted by Crippen LogP contribution is -3.16. The molecule has 0 spiro atoms. The number of piperazine rings is 1. The van der Waals surface area contributed by atoms with Crippen molar-refractivity contribution in [3.63, 3.8) is 0 Å². The van der Waals surface area contributed by atoms with Gasteiger partial charge in [0.2, 0.25) is 0 Å². The lowest BCUT2D eigenvalue weighted by atomic mass is 10.1. The predicted octanol–water partition coefficient (Wildman–Crippen LogP) is 1.78. The Kier molecular flexibility index (Phi) is 6.92. The first-order chi connectivity index (χ1) is 12.7.